The van der Waals surface area contributed by atoms with Crippen molar-refractivity contribution in [2.24, 2.45) is 0 Å². The Morgan fingerprint density at radius 3 is 2.23 bits per heavy atom. The fraction of sp³-hybridized carbons (Fsp3) is 0.0909. The van der Waals surface area contributed by atoms with Gasteiger partial charge in [0.2, 0.25) is 0 Å². The Morgan fingerprint density at radius 2 is 1.58 bits per heavy atom. The molecule has 3 aromatic rings. The van der Waals surface area contributed by atoms with Crippen molar-refractivity contribution in [1.82, 2.24) is 4.98 Å². The molecule has 0 spiro atoms. The number of carbonyl (C=O) groups is 1. The van der Waals surface area contributed by atoms with Gasteiger partial charge in [-0.05, 0) is 42.0 Å². The van der Waals surface area contributed by atoms with Crippen LogP contribution in [0.4, 0.5) is 11.5 Å². The number of carbonyl (C=O) groups excluding carboxylic acids is 1. The smallest absolute Gasteiger partial charge is 0.263 e. The molecule has 0 atom stereocenters. The molecule has 4 rings (SSSR count). The lowest BCUT2D eigenvalue weighted by atomic mass is 10.1. The summed E-state index contributed by atoms with van der Waals surface area (Å²) in [6.07, 6.45) is 3.85. The van der Waals surface area contributed by atoms with Gasteiger partial charge in [0.25, 0.3) is 5.91 Å². The second-order valence-corrected chi connectivity index (χ2v) is 6.40. The van der Waals surface area contributed by atoms with Crippen LogP contribution in [0.25, 0.3) is 11.8 Å². The van der Waals surface area contributed by atoms with Crippen LogP contribution >= 0.6 is 0 Å². The highest BCUT2D eigenvalue weighted by atomic mass is 16.2. The first-order valence-corrected chi connectivity index (χ1v) is 8.49. The largest absolute Gasteiger partial charge is 0.363 e. The zero-order valence-electron chi connectivity index (χ0n) is 14.8. The highest BCUT2D eigenvalue weighted by Crippen LogP contribution is 2.37. The molecule has 1 amide bonds. The molecule has 1 aromatic heterocycles. The molecule has 0 saturated heterocycles. The summed E-state index contributed by atoms with van der Waals surface area (Å²) >= 11 is 0. The maximum atomic E-state index is 13.0. The maximum Gasteiger partial charge on any atom is 0.263 e. The Kier molecular flexibility index (Phi) is 4.01. The fourth-order valence-corrected chi connectivity index (χ4v) is 3.12. The van der Waals surface area contributed by atoms with E-state index < -0.39 is 0 Å². The molecule has 2 heterocycles. The van der Waals surface area contributed by atoms with Crippen molar-refractivity contribution in [2.75, 3.05) is 23.9 Å². The van der Waals surface area contributed by atoms with E-state index in [0.717, 1.165) is 33.9 Å². The van der Waals surface area contributed by atoms with Gasteiger partial charge >= 0.3 is 0 Å². The molecule has 0 fully saturated rings. The first kappa shape index (κ1) is 16.1. The van der Waals surface area contributed by atoms with Crippen LogP contribution in [0, 0.1) is 0 Å². The lowest BCUT2D eigenvalue weighted by molar-refractivity contribution is 0.101. The van der Waals surface area contributed by atoms with Crippen molar-refractivity contribution in [3.05, 3.63) is 89.6 Å². The molecule has 0 unspecified atom stereocenters. The summed E-state index contributed by atoms with van der Waals surface area (Å²) in [6.45, 7) is 0. The molecule has 1 aliphatic rings. The zero-order chi connectivity index (χ0) is 18.1. The van der Waals surface area contributed by atoms with Crippen molar-refractivity contribution >= 4 is 29.2 Å². The number of para-hydroxylation sites is 1. The first-order chi connectivity index (χ1) is 12.6. The van der Waals surface area contributed by atoms with Crippen LogP contribution < -0.4 is 9.80 Å². The monoisotopic (exact) mass is 341 g/mol. The number of aromatic nitrogens is 1. The van der Waals surface area contributed by atoms with Gasteiger partial charge in [-0.3, -0.25) is 9.69 Å². The number of anilines is 2. The van der Waals surface area contributed by atoms with Gasteiger partial charge in [-0.25, -0.2) is 4.98 Å². The van der Waals surface area contributed by atoms with Gasteiger partial charge in [-0.1, -0.05) is 36.4 Å². The van der Waals surface area contributed by atoms with Crippen LogP contribution in [-0.2, 0) is 0 Å². The van der Waals surface area contributed by atoms with E-state index in [0.29, 0.717) is 0 Å². The van der Waals surface area contributed by atoms with Crippen molar-refractivity contribution in [3.63, 3.8) is 0 Å². The Labute approximate surface area is 153 Å². The molecule has 4 heteroatoms. The molecular weight excluding hydrogens is 322 g/mol. The van der Waals surface area contributed by atoms with Crippen LogP contribution in [0.2, 0.25) is 0 Å². The quantitative estimate of drug-likeness (QED) is 0.712. The van der Waals surface area contributed by atoms with Crippen LogP contribution in [-0.4, -0.2) is 25.0 Å². The minimum Gasteiger partial charge on any atom is -0.363 e. The van der Waals surface area contributed by atoms with Crippen LogP contribution in [0.1, 0.15) is 21.5 Å². The molecule has 0 N–H and O–H groups in total. The SMILES string of the molecule is CN(C)c1ccc(/C=C2\c3ccccc3C(=O)N2c2ccccc2)cn1. The number of amides is 1. The van der Waals surface area contributed by atoms with Crippen molar-refractivity contribution in [3.8, 4) is 0 Å². The van der Waals surface area contributed by atoms with E-state index in [1.807, 2.05) is 98.0 Å². The van der Waals surface area contributed by atoms with Gasteiger partial charge in [0, 0.05) is 37.1 Å². The lowest BCUT2D eigenvalue weighted by Gasteiger charge is -2.18. The number of fused-ring (bicyclic) bond motifs is 1. The van der Waals surface area contributed by atoms with Crippen LogP contribution in [0.5, 0.6) is 0 Å². The van der Waals surface area contributed by atoms with E-state index in [4.69, 9.17) is 0 Å². The molecule has 2 aromatic carbocycles. The average Bonchev–Trinajstić information content (AvgIpc) is 2.95. The molecule has 26 heavy (non-hydrogen) atoms. The van der Waals surface area contributed by atoms with Gasteiger partial charge in [0.1, 0.15) is 5.82 Å². The molecule has 4 nitrogen and oxygen atoms in total. The van der Waals surface area contributed by atoms with E-state index in [1.165, 1.54) is 0 Å². The second kappa shape index (κ2) is 6.48. The third kappa shape index (κ3) is 2.75. The number of rotatable bonds is 3. The molecular formula is C22H19N3O. The third-order valence-electron chi connectivity index (χ3n) is 4.42. The molecule has 0 radical (unpaired) electrons. The fourth-order valence-electron chi connectivity index (χ4n) is 3.12. The molecule has 128 valence electrons. The summed E-state index contributed by atoms with van der Waals surface area (Å²) in [7, 11) is 3.92. The topological polar surface area (TPSA) is 36.4 Å². The normalized spacial score (nSPS) is 14.6. The number of nitrogens with zero attached hydrogens (tertiary/aromatic N) is 3. The maximum absolute atomic E-state index is 13.0. The molecule has 0 bridgehead atoms. The summed E-state index contributed by atoms with van der Waals surface area (Å²) < 4.78 is 0. The van der Waals surface area contributed by atoms with Gasteiger partial charge in [-0.15, -0.1) is 0 Å². The Hall–Kier alpha value is -3.40. The highest BCUT2D eigenvalue weighted by Gasteiger charge is 2.32. The number of hydrogen-bond acceptors (Lipinski definition) is 3. The summed E-state index contributed by atoms with van der Waals surface area (Å²) in [5.41, 5.74) is 4.35. The summed E-state index contributed by atoms with van der Waals surface area (Å²) in [6, 6.07) is 21.4. The second-order valence-electron chi connectivity index (χ2n) is 6.40. The number of benzene rings is 2. The van der Waals surface area contributed by atoms with Crippen molar-refractivity contribution in [2.45, 2.75) is 0 Å². The van der Waals surface area contributed by atoms with E-state index in [9.17, 15) is 4.79 Å². The molecule has 1 aliphatic heterocycles. The summed E-state index contributed by atoms with van der Waals surface area (Å²) in [5, 5.41) is 0. The van der Waals surface area contributed by atoms with Gasteiger partial charge in [-0.2, -0.15) is 0 Å². The summed E-state index contributed by atoms with van der Waals surface area (Å²) in [4.78, 5) is 21.2. The van der Waals surface area contributed by atoms with Crippen LogP contribution in [0.3, 0.4) is 0 Å². The highest BCUT2D eigenvalue weighted by molar-refractivity contribution is 6.24. The standard InChI is InChI=1S/C22H19N3O/c1-24(2)21-13-12-16(15-23-21)14-20-18-10-6-7-11-19(18)22(26)25(20)17-8-4-3-5-9-17/h3-15H,1-2H3/b20-14+. The van der Waals surface area contributed by atoms with Gasteiger partial charge in [0.15, 0.2) is 0 Å². The van der Waals surface area contributed by atoms with Crippen molar-refractivity contribution < 1.29 is 4.79 Å². The first-order valence-electron chi connectivity index (χ1n) is 8.49. The predicted octanol–water partition coefficient (Wildman–Crippen LogP) is 4.31. The average molecular weight is 341 g/mol. The van der Waals surface area contributed by atoms with Gasteiger partial charge in [0.05, 0.1) is 5.70 Å². The van der Waals surface area contributed by atoms with E-state index in [-0.39, 0.29) is 5.91 Å². The molecule has 0 saturated carbocycles. The third-order valence-corrected chi connectivity index (χ3v) is 4.42. The van der Waals surface area contributed by atoms with E-state index in [2.05, 4.69) is 4.98 Å². The predicted molar refractivity (Wildman–Crippen MR) is 106 cm³/mol. The van der Waals surface area contributed by atoms with E-state index >= 15 is 0 Å². The Morgan fingerprint density at radius 1 is 0.885 bits per heavy atom. The Balaban J connectivity index is 1.83. The van der Waals surface area contributed by atoms with Crippen molar-refractivity contribution in [1.29, 1.82) is 0 Å². The minimum absolute atomic E-state index is 0.00378. The zero-order valence-corrected chi connectivity index (χ0v) is 14.8. The lowest BCUT2D eigenvalue weighted by Crippen LogP contribution is -2.22. The summed E-state index contributed by atoms with van der Waals surface area (Å²) in [5.74, 6) is 0.894. The minimum atomic E-state index is -0.00378. The van der Waals surface area contributed by atoms with Gasteiger partial charge < -0.3 is 4.90 Å². The number of pyridine rings is 1. The Bertz CT molecular complexity index is 976. The van der Waals surface area contributed by atoms with Crippen LogP contribution in [0.15, 0.2) is 72.9 Å². The molecule has 0 aliphatic carbocycles. The number of hydrogen-bond donors (Lipinski definition) is 0. The van der Waals surface area contributed by atoms with E-state index in [1.54, 1.807) is 4.90 Å².